The van der Waals surface area contributed by atoms with Gasteiger partial charge in [-0.3, -0.25) is 4.79 Å². The predicted molar refractivity (Wildman–Crippen MR) is 82.7 cm³/mol. The van der Waals surface area contributed by atoms with E-state index in [9.17, 15) is 9.59 Å². The van der Waals surface area contributed by atoms with Gasteiger partial charge in [-0.2, -0.15) is 0 Å². The van der Waals surface area contributed by atoms with Crippen molar-refractivity contribution in [1.29, 1.82) is 0 Å². The summed E-state index contributed by atoms with van der Waals surface area (Å²) in [5.74, 6) is 2.38. The second-order valence-corrected chi connectivity index (χ2v) is 5.95. The number of terminal acetylenes is 1. The Morgan fingerprint density at radius 2 is 2.14 bits per heavy atom. The van der Waals surface area contributed by atoms with Gasteiger partial charge in [0.2, 0.25) is 0 Å². The molecule has 21 heavy (non-hydrogen) atoms. The molecule has 0 spiro atoms. The average molecular weight is 289 g/mol. The summed E-state index contributed by atoms with van der Waals surface area (Å²) in [6, 6.07) is -0.648. The Morgan fingerprint density at radius 1 is 1.43 bits per heavy atom. The van der Waals surface area contributed by atoms with E-state index < -0.39 is 17.7 Å². The van der Waals surface area contributed by atoms with Crippen LogP contribution in [-0.2, 0) is 9.53 Å². The van der Waals surface area contributed by atoms with Gasteiger partial charge in [-0.25, -0.2) is 4.79 Å². The van der Waals surface area contributed by atoms with Gasteiger partial charge < -0.3 is 10.1 Å². The zero-order valence-corrected chi connectivity index (χ0v) is 12.9. The maximum Gasteiger partial charge on any atom is 0.408 e. The van der Waals surface area contributed by atoms with Crippen molar-refractivity contribution in [1.82, 2.24) is 5.32 Å². The summed E-state index contributed by atoms with van der Waals surface area (Å²) in [4.78, 5) is 24.3. The Hall–Kier alpha value is -2.02. The number of hydrogen-bond acceptors (Lipinski definition) is 3. The summed E-state index contributed by atoms with van der Waals surface area (Å²) < 4.78 is 5.19. The summed E-state index contributed by atoms with van der Waals surface area (Å²) in [5.41, 5.74) is 0.0210. The molecule has 0 bridgehead atoms. The fourth-order valence-electron chi connectivity index (χ4n) is 1.94. The lowest BCUT2D eigenvalue weighted by Crippen LogP contribution is -2.43. The van der Waals surface area contributed by atoms with Crippen LogP contribution in [0.3, 0.4) is 0 Å². The average Bonchev–Trinajstić information content (AvgIpc) is 2.41. The van der Waals surface area contributed by atoms with Crippen molar-refractivity contribution in [2.45, 2.75) is 58.1 Å². The zero-order valence-electron chi connectivity index (χ0n) is 12.9. The molecular weight excluding hydrogens is 266 g/mol. The fraction of sp³-hybridized carbons (Fsp3) is 0.529. The van der Waals surface area contributed by atoms with Gasteiger partial charge in [0.25, 0.3) is 0 Å². The topological polar surface area (TPSA) is 55.4 Å². The van der Waals surface area contributed by atoms with Gasteiger partial charge >= 0.3 is 6.09 Å². The number of alkyl carbamates (subject to hydrolysis) is 1. The molecule has 0 fully saturated rings. The van der Waals surface area contributed by atoms with Gasteiger partial charge in [0.1, 0.15) is 5.60 Å². The van der Waals surface area contributed by atoms with Crippen LogP contribution in [-0.4, -0.2) is 23.5 Å². The lowest BCUT2D eigenvalue weighted by atomic mass is 9.96. The number of allylic oxidation sites excluding steroid dienone is 3. The van der Waals surface area contributed by atoms with E-state index in [1.807, 2.05) is 12.2 Å². The second-order valence-electron chi connectivity index (χ2n) is 5.95. The Bertz CT molecular complexity index is 489. The number of ketones is 1. The molecular formula is C17H23NO3. The second kappa shape index (κ2) is 7.68. The summed E-state index contributed by atoms with van der Waals surface area (Å²) in [7, 11) is 0. The number of carbonyl (C=O) groups is 2. The van der Waals surface area contributed by atoms with E-state index in [0.717, 1.165) is 12.8 Å². The molecule has 0 heterocycles. The molecule has 1 aliphatic rings. The number of amides is 1. The number of Topliss-reactive ketones (excluding diaryl/α,β-unsaturated/α-hetero) is 1. The Balaban J connectivity index is 2.73. The molecule has 1 rings (SSSR count). The quantitative estimate of drug-likeness (QED) is 0.791. The molecule has 0 aromatic carbocycles. The molecule has 0 saturated heterocycles. The largest absolute Gasteiger partial charge is 0.444 e. The highest BCUT2D eigenvalue weighted by molar-refractivity contribution is 6.03. The van der Waals surface area contributed by atoms with E-state index in [0.29, 0.717) is 18.4 Å². The summed E-state index contributed by atoms with van der Waals surface area (Å²) >= 11 is 0. The number of hydrogen-bond donors (Lipinski definition) is 1. The molecule has 1 amide bonds. The lowest BCUT2D eigenvalue weighted by molar-refractivity contribution is -0.117. The van der Waals surface area contributed by atoms with E-state index in [-0.39, 0.29) is 5.78 Å². The third-order valence-electron chi connectivity index (χ3n) is 2.86. The van der Waals surface area contributed by atoms with Crippen LogP contribution in [0, 0.1) is 12.3 Å². The Morgan fingerprint density at radius 3 is 2.67 bits per heavy atom. The van der Waals surface area contributed by atoms with Crippen molar-refractivity contribution in [2.75, 3.05) is 0 Å². The molecule has 0 aliphatic heterocycles. The lowest BCUT2D eigenvalue weighted by Gasteiger charge is -2.23. The Kier molecular flexibility index (Phi) is 6.23. The van der Waals surface area contributed by atoms with E-state index >= 15 is 0 Å². The highest BCUT2D eigenvalue weighted by Crippen LogP contribution is 2.15. The monoisotopic (exact) mass is 289 g/mol. The predicted octanol–water partition coefficient (Wildman–Crippen LogP) is 3.14. The molecule has 1 N–H and O–H groups in total. The zero-order chi connectivity index (χ0) is 15.9. The number of ether oxygens (including phenoxy) is 1. The van der Waals surface area contributed by atoms with Crippen molar-refractivity contribution in [2.24, 2.45) is 0 Å². The Labute approximate surface area is 126 Å². The summed E-state index contributed by atoms with van der Waals surface area (Å²) in [5, 5.41) is 2.62. The SMILES string of the molecule is C#CCCC(NC(=O)OC(C)(C)C)C(=O)C1=CCCC=C1. The van der Waals surface area contributed by atoms with Crippen LogP contribution in [0.15, 0.2) is 23.8 Å². The first-order valence-corrected chi connectivity index (χ1v) is 7.17. The van der Waals surface area contributed by atoms with Gasteiger partial charge in [0.15, 0.2) is 5.78 Å². The molecule has 0 aromatic rings. The molecule has 4 heteroatoms. The normalized spacial score (nSPS) is 15.6. The first-order valence-electron chi connectivity index (χ1n) is 7.17. The minimum absolute atomic E-state index is 0.118. The van der Waals surface area contributed by atoms with Crippen molar-refractivity contribution < 1.29 is 14.3 Å². The third-order valence-corrected chi connectivity index (χ3v) is 2.86. The van der Waals surface area contributed by atoms with Crippen molar-refractivity contribution >= 4 is 11.9 Å². The smallest absolute Gasteiger partial charge is 0.408 e. The van der Waals surface area contributed by atoms with Crippen LogP contribution < -0.4 is 5.32 Å². The van der Waals surface area contributed by atoms with Crippen LogP contribution >= 0.6 is 0 Å². The first-order chi connectivity index (χ1) is 9.83. The number of nitrogens with one attached hydrogen (secondary N) is 1. The molecule has 0 radical (unpaired) electrons. The highest BCUT2D eigenvalue weighted by atomic mass is 16.6. The van der Waals surface area contributed by atoms with Gasteiger partial charge in [-0.05, 0) is 40.0 Å². The molecule has 0 aromatic heterocycles. The maximum atomic E-state index is 12.4. The fourth-order valence-corrected chi connectivity index (χ4v) is 1.94. The molecule has 1 atom stereocenters. The minimum atomic E-state index is -0.648. The van der Waals surface area contributed by atoms with E-state index in [2.05, 4.69) is 11.2 Å². The van der Waals surface area contributed by atoms with E-state index in [1.165, 1.54) is 0 Å². The molecule has 0 saturated carbocycles. The number of carbonyl (C=O) groups excluding carboxylic acids is 2. The standard InChI is InChI=1S/C17H23NO3/c1-5-6-12-14(18-16(20)21-17(2,3)4)15(19)13-10-8-7-9-11-13/h1,8,10-11,14H,6-7,9,12H2,2-4H3,(H,18,20). The molecule has 1 aliphatic carbocycles. The molecule has 4 nitrogen and oxygen atoms in total. The van der Waals surface area contributed by atoms with Crippen LogP contribution in [0.5, 0.6) is 0 Å². The summed E-state index contributed by atoms with van der Waals surface area (Å²) in [6.45, 7) is 5.33. The minimum Gasteiger partial charge on any atom is -0.444 e. The number of rotatable bonds is 5. The highest BCUT2D eigenvalue weighted by Gasteiger charge is 2.25. The maximum absolute atomic E-state index is 12.4. The summed E-state index contributed by atoms with van der Waals surface area (Å²) in [6.07, 6.45) is 12.9. The third kappa shape index (κ3) is 6.31. The van der Waals surface area contributed by atoms with Crippen LogP contribution in [0.25, 0.3) is 0 Å². The van der Waals surface area contributed by atoms with Crippen LogP contribution in [0.1, 0.15) is 46.5 Å². The van der Waals surface area contributed by atoms with Crippen molar-refractivity contribution in [3.63, 3.8) is 0 Å². The van der Waals surface area contributed by atoms with Crippen molar-refractivity contribution in [3.8, 4) is 12.3 Å². The van der Waals surface area contributed by atoms with E-state index in [1.54, 1.807) is 26.8 Å². The van der Waals surface area contributed by atoms with Crippen LogP contribution in [0.4, 0.5) is 4.79 Å². The van der Waals surface area contributed by atoms with Gasteiger partial charge in [-0.15, -0.1) is 12.3 Å². The van der Waals surface area contributed by atoms with Gasteiger partial charge in [0.05, 0.1) is 6.04 Å². The molecule has 1 unspecified atom stereocenters. The van der Waals surface area contributed by atoms with Gasteiger partial charge in [-0.1, -0.05) is 18.2 Å². The van der Waals surface area contributed by atoms with E-state index in [4.69, 9.17) is 11.2 Å². The molecule has 114 valence electrons. The first kappa shape index (κ1) is 17.0. The van der Waals surface area contributed by atoms with Crippen molar-refractivity contribution in [3.05, 3.63) is 23.8 Å². The van der Waals surface area contributed by atoms with Gasteiger partial charge in [0, 0.05) is 12.0 Å². The van der Waals surface area contributed by atoms with Crippen LogP contribution in [0.2, 0.25) is 0 Å².